The summed E-state index contributed by atoms with van der Waals surface area (Å²) < 4.78 is 4.95. The van der Waals surface area contributed by atoms with E-state index in [1.54, 1.807) is 0 Å². The molecular formula is C14H27NO2. The van der Waals surface area contributed by atoms with Crippen molar-refractivity contribution in [3.8, 4) is 0 Å². The normalized spacial score (nSPS) is 26.5. The van der Waals surface area contributed by atoms with Gasteiger partial charge in [0.2, 0.25) is 0 Å². The van der Waals surface area contributed by atoms with E-state index in [4.69, 9.17) is 4.74 Å². The summed E-state index contributed by atoms with van der Waals surface area (Å²) in [5.74, 6) is 1.52. The van der Waals surface area contributed by atoms with Crippen molar-refractivity contribution in [2.75, 3.05) is 13.2 Å². The van der Waals surface area contributed by atoms with Crippen molar-refractivity contribution in [2.24, 2.45) is 11.8 Å². The Balaban J connectivity index is 2.18. The maximum Gasteiger partial charge on any atom is 0.307 e. The average molecular weight is 241 g/mol. The molecule has 0 bridgehead atoms. The molecule has 17 heavy (non-hydrogen) atoms. The fourth-order valence-electron chi connectivity index (χ4n) is 2.59. The van der Waals surface area contributed by atoms with Crippen molar-refractivity contribution < 1.29 is 9.53 Å². The summed E-state index contributed by atoms with van der Waals surface area (Å²) in [6, 6.07) is 0.225. The lowest BCUT2D eigenvalue weighted by Gasteiger charge is -2.30. The van der Waals surface area contributed by atoms with Crippen molar-refractivity contribution in [3.05, 3.63) is 0 Å². The minimum absolute atomic E-state index is 0.0933. The number of nitrogens with one attached hydrogen (secondary N) is 1. The highest BCUT2D eigenvalue weighted by Crippen LogP contribution is 2.28. The first-order valence-corrected chi connectivity index (χ1v) is 7.02. The van der Waals surface area contributed by atoms with Crippen molar-refractivity contribution in [1.82, 2.24) is 5.32 Å². The number of carbonyl (C=O) groups is 1. The summed E-state index contributed by atoms with van der Waals surface area (Å²) in [4.78, 5) is 11.3. The lowest BCUT2D eigenvalue weighted by molar-refractivity contribution is -0.143. The van der Waals surface area contributed by atoms with E-state index in [1.165, 1.54) is 25.7 Å². The van der Waals surface area contributed by atoms with Gasteiger partial charge in [0.15, 0.2) is 0 Å². The number of esters is 1. The summed E-state index contributed by atoms with van der Waals surface area (Å²) >= 11 is 0. The third kappa shape index (κ3) is 5.53. The van der Waals surface area contributed by atoms with Crippen LogP contribution in [-0.4, -0.2) is 25.2 Å². The molecule has 1 rings (SSSR count). The average Bonchev–Trinajstić information content (AvgIpc) is 2.28. The minimum atomic E-state index is -0.0933. The number of rotatable bonds is 6. The van der Waals surface area contributed by atoms with Gasteiger partial charge in [-0.2, -0.15) is 0 Å². The minimum Gasteiger partial charge on any atom is -0.466 e. The molecule has 0 aromatic heterocycles. The molecule has 3 heteroatoms. The van der Waals surface area contributed by atoms with Crippen LogP contribution in [0.3, 0.4) is 0 Å². The number of hydrogen-bond acceptors (Lipinski definition) is 3. The first kappa shape index (κ1) is 14.5. The molecule has 0 amide bonds. The topological polar surface area (TPSA) is 38.3 Å². The SMILES string of the molecule is CCOC(=O)CC(C)NCC1CCCCC1C. The largest absolute Gasteiger partial charge is 0.466 e. The summed E-state index contributed by atoms with van der Waals surface area (Å²) in [6.07, 6.45) is 5.92. The summed E-state index contributed by atoms with van der Waals surface area (Å²) in [7, 11) is 0. The van der Waals surface area contributed by atoms with Gasteiger partial charge in [-0.25, -0.2) is 0 Å². The highest BCUT2D eigenvalue weighted by Gasteiger charge is 2.21. The molecule has 0 aromatic rings. The van der Waals surface area contributed by atoms with Crippen LogP contribution in [0.5, 0.6) is 0 Å². The Hall–Kier alpha value is -0.570. The smallest absolute Gasteiger partial charge is 0.307 e. The van der Waals surface area contributed by atoms with Crippen molar-refractivity contribution in [2.45, 2.75) is 58.9 Å². The van der Waals surface area contributed by atoms with Crippen molar-refractivity contribution in [3.63, 3.8) is 0 Å². The van der Waals surface area contributed by atoms with Crippen molar-refractivity contribution >= 4 is 5.97 Å². The number of carbonyl (C=O) groups excluding carboxylic acids is 1. The van der Waals surface area contributed by atoms with E-state index < -0.39 is 0 Å². The maximum absolute atomic E-state index is 11.3. The van der Waals surface area contributed by atoms with Crippen LogP contribution < -0.4 is 5.32 Å². The molecule has 0 heterocycles. The van der Waals surface area contributed by atoms with E-state index in [9.17, 15) is 4.79 Å². The fourth-order valence-corrected chi connectivity index (χ4v) is 2.59. The second-order valence-electron chi connectivity index (χ2n) is 5.34. The Morgan fingerprint density at radius 3 is 2.76 bits per heavy atom. The molecule has 1 aliphatic rings. The Morgan fingerprint density at radius 2 is 2.12 bits per heavy atom. The Bertz CT molecular complexity index is 230. The van der Waals surface area contributed by atoms with E-state index in [0.717, 1.165) is 18.4 Å². The van der Waals surface area contributed by atoms with Gasteiger partial charge in [0.05, 0.1) is 13.0 Å². The molecular weight excluding hydrogens is 214 g/mol. The molecule has 0 spiro atoms. The molecule has 1 saturated carbocycles. The molecule has 3 nitrogen and oxygen atoms in total. The Labute approximate surface area is 105 Å². The zero-order chi connectivity index (χ0) is 12.7. The van der Waals surface area contributed by atoms with Gasteiger partial charge in [-0.1, -0.05) is 26.2 Å². The third-order valence-corrected chi connectivity index (χ3v) is 3.80. The molecule has 100 valence electrons. The summed E-state index contributed by atoms with van der Waals surface area (Å²) in [5.41, 5.74) is 0. The molecule has 1 N–H and O–H groups in total. The van der Waals surface area contributed by atoms with Gasteiger partial charge in [-0.15, -0.1) is 0 Å². The monoisotopic (exact) mass is 241 g/mol. The van der Waals surface area contributed by atoms with Gasteiger partial charge in [-0.05, 0) is 38.6 Å². The first-order chi connectivity index (χ1) is 8.13. The quantitative estimate of drug-likeness (QED) is 0.727. The van der Waals surface area contributed by atoms with Crippen LogP contribution in [0.4, 0.5) is 0 Å². The highest BCUT2D eigenvalue weighted by molar-refractivity contribution is 5.69. The van der Waals surface area contributed by atoms with Crippen LogP contribution in [0, 0.1) is 11.8 Å². The molecule has 1 aliphatic carbocycles. The number of hydrogen-bond donors (Lipinski definition) is 1. The van der Waals surface area contributed by atoms with E-state index in [2.05, 4.69) is 19.2 Å². The molecule has 0 saturated heterocycles. The summed E-state index contributed by atoms with van der Waals surface area (Å²) in [6.45, 7) is 7.78. The predicted molar refractivity (Wildman–Crippen MR) is 69.8 cm³/mol. The lowest BCUT2D eigenvalue weighted by Crippen LogP contribution is -2.36. The van der Waals surface area contributed by atoms with Gasteiger partial charge in [0, 0.05) is 6.04 Å². The third-order valence-electron chi connectivity index (χ3n) is 3.80. The molecule has 1 fully saturated rings. The number of ether oxygens (including phenoxy) is 1. The van der Waals surface area contributed by atoms with E-state index in [1.807, 2.05) is 6.92 Å². The molecule has 3 atom stereocenters. The highest BCUT2D eigenvalue weighted by atomic mass is 16.5. The van der Waals surface area contributed by atoms with Crippen LogP contribution in [0.2, 0.25) is 0 Å². The molecule has 0 aliphatic heterocycles. The van der Waals surface area contributed by atoms with Crippen molar-refractivity contribution in [1.29, 1.82) is 0 Å². The van der Waals surface area contributed by atoms with Gasteiger partial charge < -0.3 is 10.1 Å². The van der Waals surface area contributed by atoms with Crippen LogP contribution >= 0.6 is 0 Å². The molecule has 3 unspecified atom stereocenters. The van der Waals surface area contributed by atoms with Crippen LogP contribution in [0.1, 0.15) is 52.9 Å². The Morgan fingerprint density at radius 1 is 1.41 bits per heavy atom. The van der Waals surface area contributed by atoms with E-state index in [-0.39, 0.29) is 12.0 Å². The zero-order valence-corrected chi connectivity index (χ0v) is 11.5. The first-order valence-electron chi connectivity index (χ1n) is 7.02. The second kappa shape index (κ2) is 7.70. The fraction of sp³-hybridized carbons (Fsp3) is 0.929. The van der Waals surface area contributed by atoms with Crippen LogP contribution in [-0.2, 0) is 9.53 Å². The lowest BCUT2D eigenvalue weighted by atomic mass is 9.80. The van der Waals surface area contributed by atoms with E-state index in [0.29, 0.717) is 13.0 Å². The van der Waals surface area contributed by atoms with Crippen LogP contribution in [0.25, 0.3) is 0 Å². The molecule has 0 radical (unpaired) electrons. The zero-order valence-electron chi connectivity index (χ0n) is 11.5. The standard InChI is InChI=1S/C14H27NO2/c1-4-17-14(16)9-12(3)15-10-13-8-6-5-7-11(13)2/h11-13,15H,4-10H2,1-3H3. The molecule has 0 aromatic carbocycles. The Kier molecular flexibility index (Phi) is 6.56. The maximum atomic E-state index is 11.3. The van der Waals surface area contributed by atoms with Crippen LogP contribution in [0.15, 0.2) is 0 Å². The van der Waals surface area contributed by atoms with Gasteiger partial charge in [0.25, 0.3) is 0 Å². The second-order valence-corrected chi connectivity index (χ2v) is 5.34. The predicted octanol–water partition coefficient (Wildman–Crippen LogP) is 2.74. The summed E-state index contributed by atoms with van der Waals surface area (Å²) in [5, 5.41) is 3.47. The van der Waals surface area contributed by atoms with Gasteiger partial charge in [-0.3, -0.25) is 4.79 Å². The van der Waals surface area contributed by atoms with E-state index >= 15 is 0 Å². The van der Waals surface area contributed by atoms with Gasteiger partial charge in [0.1, 0.15) is 0 Å². The van der Waals surface area contributed by atoms with Gasteiger partial charge >= 0.3 is 5.97 Å².